The van der Waals surface area contributed by atoms with Gasteiger partial charge >= 0.3 is 6.09 Å². The quantitative estimate of drug-likeness (QED) is 0.576. The molecule has 0 heterocycles. The summed E-state index contributed by atoms with van der Waals surface area (Å²) in [6.07, 6.45) is -0.541. The summed E-state index contributed by atoms with van der Waals surface area (Å²) in [6.45, 7) is 4.96. The molecular weight excluding hydrogens is 414 g/mol. The van der Waals surface area contributed by atoms with E-state index in [9.17, 15) is 14.4 Å². The van der Waals surface area contributed by atoms with Crippen molar-refractivity contribution < 1.29 is 28.6 Å². The largest absolute Gasteiger partial charge is 0.493 e. The SMILES string of the molecule is COc1ccc(CC(=O)Nc2cccc(NC(=O)CNC(=O)OC(C)(C)C)c2)cc1OC. The zero-order valence-electron chi connectivity index (χ0n) is 18.9. The van der Waals surface area contributed by atoms with Gasteiger partial charge < -0.3 is 30.2 Å². The standard InChI is InChI=1S/C23H29N3O6/c1-23(2,3)32-22(29)24-14-21(28)26-17-8-6-7-16(13-17)25-20(27)12-15-9-10-18(30-4)19(11-15)31-5/h6-11,13H,12,14H2,1-5H3,(H,24,29)(H,25,27)(H,26,28). The Morgan fingerprint density at radius 3 is 2.06 bits per heavy atom. The van der Waals surface area contributed by atoms with E-state index in [1.165, 1.54) is 7.11 Å². The lowest BCUT2D eigenvalue weighted by atomic mass is 10.1. The van der Waals surface area contributed by atoms with Crippen LogP contribution >= 0.6 is 0 Å². The van der Waals surface area contributed by atoms with Crippen molar-refractivity contribution in [2.75, 3.05) is 31.4 Å². The number of ether oxygens (including phenoxy) is 3. The number of benzene rings is 2. The summed E-state index contributed by atoms with van der Waals surface area (Å²) >= 11 is 0. The Balaban J connectivity index is 1.90. The van der Waals surface area contributed by atoms with E-state index >= 15 is 0 Å². The highest BCUT2D eigenvalue weighted by atomic mass is 16.6. The third-order valence-corrected chi connectivity index (χ3v) is 4.03. The maximum absolute atomic E-state index is 12.4. The van der Waals surface area contributed by atoms with Crippen LogP contribution in [0, 0.1) is 0 Å². The second-order valence-electron chi connectivity index (χ2n) is 7.90. The van der Waals surface area contributed by atoms with Crippen molar-refractivity contribution in [3.05, 3.63) is 48.0 Å². The predicted octanol–water partition coefficient (Wildman–Crippen LogP) is 3.35. The van der Waals surface area contributed by atoms with Gasteiger partial charge in [0.15, 0.2) is 11.5 Å². The molecule has 0 saturated heterocycles. The molecule has 9 nitrogen and oxygen atoms in total. The molecule has 0 aliphatic carbocycles. The molecule has 32 heavy (non-hydrogen) atoms. The number of anilines is 2. The van der Waals surface area contributed by atoms with Gasteiger partial charge in [0, 0.05) is 11.4 Å². The lowest BCUT2D eigenvalue weighted by molar-refractivity contribution is -0.116. The normalized spacial score (nSPS) is 10.7. The first-order valence-corrected chi connectivity index (χ1v) is 9.97. The van der Waals surface area contributed by atoms with Crippen molar-refractivity contribution >= 4 is 29.3 Å². The van der Waals surface area contributed by atoms with E-state index < -0.39 is 17.6 Å². The van der Waals surface area contributed by atoms with Crippen LogP contribution < -0.4 is 25.4 Å². The first-order chi connectivity index (χ1) is 15.1. The van der Waals surface area contributed by atoms with E-state index in [2.05, 4.69) is 16.0 Å². The average molecular weight is 444 g/mol. The molecule has 2 aromatic rings. The number of nitrogens with one attached hydrogen (secondary N) is 3. The molecule has 2 rings (SSSR count). The minimum absolute atomic E-state index is 0.136. The Labute approximate surface area is 187 Å². The Hall–Kier alpha value is -3.75. The minimum atomic E-state index is -0.677. The highest BCUT2D eigenvalue weighted by Gasteiger charge is 2.16. The molecule has 0 atom stereocenters. The summed E-state index contributed by atoms with van der Waals surface area (Å²) in [7, 11) is 3.08. The first-order valence-electron chi connectivity index (χ1n) is 9.97. The Bertz CT molecular complexity index is 968. The molecule has 0 bridgehead atoms. The molecule has 0 radical (unpaired) electrons. The molecule has 9 heteroatoms. The van der Waals surface area contributed by atoms with Crippen molar-refractivity contribution in [2.45, 2.75) is 32.8 Å². The van der Waals surface area contributed by atoms with Crippen LogP contribution in [0.3, 0.4) is 0 Å². The number of carbonyl (C=O) groups excluding carboxylic acids is 3. The maximum atomic E-state index is 12.4. The average Bonchev–Trinajstić information content (AvgIpc) is 2.71. The minimum Gasteiger partial charge on any atom is -0.493 e. The second kappa shape index (κ2) is 11.0. The Morgan fingerprint density at radius 1 is 0.844 bits per heavy atom. The van der Waals surface area contributed by atoms with Crippen molar-refractivity contribution in [3.8, 4) is 11.5 Å². The number of hydrogen-bond acceptors (Lipinski definition) is 6. The summed E-state index contributed by atoms with van der Waals surface area (Å²) in [6, 6.07) is 12.0. The van der Waals surface area contributed by atoms with Crippen molar-refractivity contribution in [1.82, 2.24) is 5.32 Å². The van der Waals surface area contributed by atoms with Crippen LogP contribution in [-0.4, -0.2) is 44.3 Å². The first kappa shape index (κ1) is 24.5. The monoisotopic (exact) mass is 443 g/mol. The van der Waals surface area contributed by atoms with Crippen molar-refractivity contribution in [2.24, 2.45) is 0 Å². The molecule has 0 unspecified atom stereocenters. The van der Waals surface area contributed by atoms with Crippen LogP contribution in [-0.2, 0) is 20.7 Å². The van der Waals surface area contributed by atoms with Gasteiger partial charge in [-0.25, -0.2) is 4.79 Å². The number of rotatable bonds is 8. The van der Waals surface area contributed by atoms with Gasteiger partial charge in [-0.05, 0) is 56.7 Å². The molecule has 3 amide bonds. The number of carbonyl (C=O) groups is 3. The molecule has 2 aromatic carbocycles. The van der Waals surface area contributed by atoms with Crippen molar-refractivity contribution in [1.29, 1.82) is 0 Å². The summed E-state index contributed by atoms with van der Waals surface area (Å²) in [5, 5.41) is 7.84. The van der Waals surface area contributed by atoms with Crippen LogP contribution in [0.1, 0.15) is 26.3 Å². The van der Waals surface area contributed by atoms with Gasteiger partial charge in [0.1, 0.15) is 12.1 Å². The molecule has 0 aromatic heterocycles. The third kappa shape index (κ3) is 8.17. The van der Waals surface area contributed by atoms with Gasteiger partial charge in [-0.3, -0.25) is 9.59 Å². The second-order valence-corrected chi connectivity index (χ2v) is 7.90. The van der Waals surface area contributed by atoms with E-state index in [0.717, 1.165) is 5.56 Å². The zero-order valence-corrected chi connectivity index (χ0v) is 18.9. The van der Waals surface area contributed by atoms with Crippen LogP contribution in [0.2, 0.25) is 0 Å². The fourth-order valence-electron chi connectivity index (χ4n) is 2.73. The molecule has 0 aliphatic heterocycles. The van der Waals surface area contributed by atoms with Gasteiger partial charge in [0.2, 0.25) is 11.8 Å². The smallest absolute Gasteiger partial charge is 0.408 e. The fraction of sp³-hybridized carbons (Fsp3) is 0.348. The van der Waals surface area contributed by atoms with E-state index in [0.29, 0.717) is 22.9 Å². The van der Waals surface area contributed by atoms with E-state index in [1.807, 2.05) is 0 Å². The van der Waals surface area contributed by atoms with E-state index in [-0.39, 0.29) is 18.9 Å². The molecule has 0 spiro atoms. The summed E-state index contributed by atoms with van der Waals surface area (Å²) in [5.74, 6) is 0.473. The van der Waals surface area contributed by atoms with E-state index in [4.69, 9.17) is 14.2 Å². The van der Waals surface area contributed by atoms with Gasteiger partial charge in [-0.2, -0.15) is 0 Å². The third-order valence-electron chi connectivity index (χ3n) is 4.03. The zero-order chi connectivity index (χ0) is 23.7. The summed E-state index contributed by atoms with van der Waals surface area (Å²) < 4.78 is 15.5. The van der Waals surface area contributed by atoms with Gasteiger partial charge in [0.25, 0.3) is 0 Å². The molecule has 3 N–H and O–H groups in total. The van der Waals surface area contributed by atoms with Crippen molar-refractivity contribution in [3.63, 3.8) is 0 Å². The maximum Gasteiger partial charge on any atom is 0.408 e. The van der Waals surface area contributed by atoms with Gasteiger partial charge in [-0.1, -0.05) is 12.1 Å². The lowest BCUT2D eigenvalue weighted by Crippen LogP contribution is -2.37. The molecular formula is C23H29N3O6. The molecule has 0 saturated carbocycles. The number of alkyl carbamates (subject to hydrolysis) is 1. The summed E-state index contributed by atoms with van der Waals surface area (Å²) in [4.78, 5) is 36.1. The van der Waals surface area contributed by atoms with Crippen LogP contribution in [0.4, 0.5) is 16.2 Å². The van der Waals surface area contributed by atoms with Gasteiger partial charge in [-0.15, -0.1) is 0 Å². The predicted molar refractivity (Wildman–Crippen MR) is 121 cm³/mol. The molecule has 172 valence electrons. The molecule has 0 fully saturated rings. The Kier molecular flexibility index (Phi) is 8.46. The highest BCUT2D eigenvalue weighted by Crippen LogP contribution is 2.27. The number of amides is 3. The van der Waals surface area contributed by atoms with Gasteiger partial charge in [0.05, 0.1) is 20.6 Å². The van der Waals surface area contributed by atoms with Crippen LogP contribution in [0.5, 0.6) is 11.5 Å². The van der Waals surface area contributed by atoms with E-state index in [1.54, 1.807) is 70.3 Å². The fourth-order valence-corrected chi connectivity index (χ4v) is 2.73. The topological polar surface area (TPSA) is 115 Å². The Morgan fingerprint density at radius 2 is 1.47 bits per heavy atom. The number of methoxy groups -OCH3 is 2. The molecule has 0 aliphatic rings. The highest BCUT2D eigenvalue weighted by molar-refractivity contribution is 5.96. The lowest BCUT2D eigenvalue weighted by Gasteiger charge is -2.19. The summed E-state index contributed by atoms with van der Waals surface area (Å²) in [5.41, 5.74) is 1.11. The van der Waals surface area contributed by atoms with Crippen LogP contribution in [0.15, 0.2) is 42.5 Å². The van der Waals surface area contributed by atoms with Crippen LogP contribution in [0.25, 0.3) is 0 Å². The number of hydrogen-bond donors (Lipinski definition) is 3.